The van der Waals surface area contributed by atoms with Gasteiger partial charge in [0.05, 0.1) is 18.8 Å². The van der Waals surface area contributed by atoms with Gasteiger partial charge in [0.15, 0.2) is 0 Å². The highest BCUT2D eigenvalue weighted by molar-refractivity contribution is 6.36. The number of carbonyl (C=O) groups excluding carboxylic acids is 3. The molecule has 1 atom stereocenters. The van der Waals surface area contributed by atoms with Gasteiger partial charge in [-0.25, -0.2) is 9.18 Å². The van der Waals surface area contributed by atoms with Crippen LogP contribution in [0.15, 0.2) is 36.4 Å². The summed E-state index contributed by atoms with van der Waals surface area (Å²) in [5.74, 6) is -1.17. The molecule has 0 aliphatic carbocycles. The van der Waals surface area contributed by atoms with E-state index in [1.165, 1.54) is 30.0 Å². The number of anilines is 2. The molecular formula is C21H17ClFN3O4. The van der Waals surface area contributed by atoms with E-state index in [-0.39, 0.29) is 30.5 Å². The number of ether oxygens (including phenoxy) is 1. The first-order valence-electron chi connectivity index (χ1n) is 9.17. The lowest BCUT2D eigenvalue weighted by Gasteiger charge is -2.14. The predicted molar refractivity (Wildman–Crippen MR) is 111 cm³/mol. The normalized spacial score (nSPS) is 19.0. The Labute approximate surface area is 176 Å². The molecule has 2 aromatic carbocycles. The second kappa shape index (κ2) is 7.79. The van der Waals surface area contributed by atoms with Crippen molar-refractivity contribution < 1.29 is 23.5 Å². The maximum absolute atomic E-state index is 14.8. The summed E-state index contributed by atoms with van der Waals surface area (Å²) in [5.41, 5.74) is 2.02. The molecule has 154 valence electrons. The molecule has 0 radical (unpaired) electrons. The van der Waals surface area contributed by atoms with Crippen molar-refractivity contribution in [2.24, 2.45) is 0 Å². The number of halogens is 2. The van der Waals surface area contributed by atoms with Gasteiger partial charge in [-0.1, -0.05) is 11.6 Å². The van der Waals surface area contributed by atoms with Crippen molar-refractivity contribution in [3.8, 4) is 0 Å². The summed E-state index contributed by atoms with van der Waals surface area (Å²) in [7, 11) is 0. The van der Waals surface area contributed by atoms with Gasteiger partial charge in [-0.15, -0.1) is 0 Å². The summed E-state index contributed by atoms with van der Waals surface area (Å²) in [6.07, 6.45) is 0.308. The highest BCUT2D eigenvalue weighted by Gasteiger charge is 2.33. The Morgan fingerprint density at radius 2 is 2.13 bits per heavy atom. The molecule has 2 aromatic rings. The highest BCUT2D eigenvalue weighted by Crippen LogP contribution is 2.35. The predicted octanol–water partition coefficient (Wildman–Crippen LogP) is 3.43. The third kappa shape index (κ3) is 3.86. The Morgan fingerprint density at radius 3 is 2.87 bits per heavy atom. The maximum atomic E-state index is 14.8. The fourth-order valence-corrected chi connectivity index (χ4v) is 3.53. The van der Waals surface area contributed by atoms with Gasteiger partial charge in [0, 0.05) is 34.3 Å². The minimum absolute atomic E-state index is 0.182. The van der Waals surface area contributed by atoms with Crippen molar-refractivity contribution in [3.63, 3.8) is 0 Å². The number of hydrogen-bond acceptors (Lipinski definition) is 4. The molecule has 0 saturated carbocycles. The summed E-state index contributed by atoms with van der Waals surface area (Å²) < 4.78 is 20.0. The van der Waals surface area contributed by atoms with Gasteiger partial charge >= 0.3 is 6.09 Å². The molecular weight excluding hydrogens is 413 g/mol. The van der Waals surface area contributed by atoms with E-state index in [1.54, 1.807) is 24.3 Å². The van der Waals surface area contributed by atoms with Crippen molar-refractivity contribution in [2.45, 2.75) is 13.0 Å². The standard InChI is InChI=1S/C21H17ClFN3O4/c1-11(27)24-9-15-10-26(21(29)30-15)14-4-2-12(18(23)8-14)6-17-16-7-13(22)3-5-19(16)25-20(17)28/h2-8,15H,9-10H2,1H3,(H,24,27)(H,25,28)/b17-6-/t15-/m0/s1. The summed E-state index contributed by atoms with van der Waals surface area (Å²) in [6.45, 7) is 1.74. The van der Waals surface area contributed by atoms with Crippen LogP contribution in [0.2, 0.25) is 5.02 Å². The molecule has 0 bridgehead atoms. The zero-order valence-electron chi connectivity index (χ0n) is 15.9. The largest absolute Gasteiger partial charge is 0.442 e. The maximum Gasteiger partial charge on any atom is 0.414 e. The summed E-state index contributed by atoms with van der Waals surface area (Å²) in [4.78, 5) is 36.7. The van der Waals surface area contributed by atoms with Crippen molar-refractivity contribution in [1.82, 2.24) is 5.32 Å². The van der Waals surface area contributed by atoms with E-state index in [1.807, 2.05) is 0 Å². The van der Waals surface area contributed by atoms with Crippen molar-refractivity contribution in [1.29, 1.82) is 0 Å². The molecule has 1 fully saturated rings. The molecule has 0 spiro atoms. The Bertz CT molecular complexity index is 1100. The van der Waals surface area contributed by atoms with Crippen molar-refractivity contribution >= 4 is 52.5 Å². The van der Waals surface area contributed by atoms with Gasteiger partial charge < -0.3 is 15.4 Å². The SMILES string of the molecule is CC(=O)NC[C@H]1CN(c2ccc(/C=C3\C(=O)Nc4ccc(Cl)cc43)c(F)c2)C(=O)O1. The Balaban J connectivity index is 1.57. The van der Waals surface area contributed by atoms with E-state index in [0.717, 1.165) is 0 Å². The molecule has 0 unspecified atom stereocenters. The molecule has 30 heavy (non-hydrogen) atoms. The first kappa shape index (κ1) is 19.9. The number of hydrogen-bond donors (Lipinski definition) is 2. The van der Waals surface area contributed by atoms with Crippen LogP contribution in [0.25, 0.3) is 11.6 Å². The topological polar surface area (TPSA) is 87.7 Å². The number of fused-ring (bicyclic) bond motifs is 1. The number of nitrogens with one attached hydrogen (secondary N) is 2. The molecule has 3 amide bonds. The van der Waals surface area contributed by atoms with Gasteiger partial charge in [-0.3, -0.25) is 14.5 Å². The van der Waals surface area contributed by atoms with Gasteiger partial charge in [0.2, 0.25) is 5.91 Å². The molecule has 2 aliphatic heterocycles. The van der Waals surface area contributed by atoms with Crippen LogP contribution < -0.4 is 15.5 Å². The summed E-state index contributed by atoms with van der Waals surface area (Å²) >= 11 is 6.02. The van der Waals surface area contributed by atoms with Gasteiger partial charge in [-0.05, 0) is 42.5 Å². The number of carbonyl (C=O) groups is 3. The second-order valence-electron chi connectivity index (χ2n) is 6.96. The molecule has 2 heterocycles. The van der Waals surface area contributed by atoms with Gasteiger partial charge in [0.25, 0.3) is 5.91 Å². The molecule has 9 heteroatoms. The minimum Gasteiger partial charge on any atom is -0.442 e. The zero-order chi connectivity index (χ0) is 21.4. The number of rotatable bonds is 4. The average Bonchev–Trinajstić information content (AvgIpc) is 3.21. The lowest BCUT2D eigenvalue weighted by molar-refractivity contribution is -0.119. The third-order valence-corrected chi connectivity index (χ3v) is 5.05. The number of nitrogens with zero attached hydrogens (tertiary/aromatic N) is 1. The van der Waals surface area contributed by atoms with E-state index in [4.69, 9.17) is 16.3 Å². The van der Waals surface area contributed by atoms with E-state index in [9.17, 15) is 18.8 Å². The van der Waals surface area contributed by atoms with Gasteiger partial charge in [-0.2, -0.15) is 0 Å². The quantitative estimate of drug-likeness (QED) is 0.729. The Morgan fingerprint density at radius 1 is 1.33 bits per heavy atom. The van der Waals surface area contributed by atoms with Crippen LogP contribution in [-0.2, 0) is 14.3 Å². The molecule has 4 rings (SSSR count). The molecule has 0 aromatic heterocycles. The lowest BCUT2D eigenvalue weighted by Crippen LogP contribution is -2.33. The van der Waals surface area contributed by atoms with Gasteiger partial charge in [0.1, 0.15) is 11.9 Å². The zero-order valence-corrected chi connectivity index (χ0v) is 16.6. The van der Waals surface area contributed by atoms with E-state index >= 15 is 0 Å². The van der Waals surface area contributed by atoms with Crippen LogP contribution in [0.4, 0.5) is 20.6 Å². The highest BCUT2D eigenvalue weighted by atomic mass is 35.5. The summed E-state index contributed by atoms with van der Waals surface area (Å²) in [6, 6.07) is 9.26. The van der Waals surface area contributed by atoms with Crippen LogP contribution in [0, 0.1) is 5.82 Å². The van der Waals surface area contributed by atoms with E-state index < -0.39 is 18.0 Å². The fraction of sp³-hybridized carbons (Fsp3) is 0.190. The molecule has 7 nitrogen and oxygen atoms in total. The molecule has 2 N–H and O–H groups in total. The van der Waals surface area contributed by atoms with Crippen LogP contribution in [-0.4, -0.2) is 37.1 Å². The lowest BCUT2D eigenvalue weighted by atomic mass is 10.0. The first-order chi connectivity index (χ1) is 14.3. The molecule has 2 aliphatic rings. The second-order valence-corrected chi connectivity index (χ2v) is 7.40. The number of cyclic esters (lactones) is 1. The minimum atomic E-state index is -0.616. The third-order valence-electron chi connectivity index (χ3n) is 4.81. The van der Waals surface area contributed by atoms with Crippen LogP contribution in [0.5, 0.6) is 0 Å². The van der Waals surface area contributed by atoms with Crippen LogP contribution in [0.3, 0.4) is 0 Å². The fourth-order valence-electron chi connectivity index (χ4n) is 3.36. The number of benzene rings is 2. The molecule has 1 saturated heterocycles. The van der Waals surface area contributed by atoms with Crippen molar-refractivity contribution in [3.05, 3.63) is 58.4 Å². The number of amides is 3. The monoisotopic (exact) mass is 429 g/mol. The average molecular weight is 430 g/mol. The van der Waals surface area contributed by atoms with Crippen LogP contribution in [0.1, 0.15) is 18.1 Å². The van der Waals surface area contributed by atoms with Crippen LogP contribution >= 0.6 is 11.6 Å². The smallest absolute Gasteiger partial charge is 0.414 e. The summed E-state index contributed by atoms with van der Waals surface area (Å²) in [5, 5.41) is 5.76. The van der Waals surface area contributed by atoms with E-state index in [0.29, 0.717) is 27.5 Å². The van der Waals surface area contributed by atoms with Crippen molar-refractivity contribution in [2.75, 3.05) is 23.3 Å². The Hall–Kier alpha value is -3.39. The van der Waals surface area contributed by atoms with E-state index in [2.05, 4.69) is 10.6 Å². The first-order valence-corrected chi connectivity index (χ1v) is 9.55. The Kier molecular flexibility index (Phi) is 5.17.